The van der Waals surface area contributed by atoms with Crippen molar-refractivity contribution in [2.75, 3.05) is 6.61 Å². The van der Waals surface area contributed by atoms with Gasteiger partial charge in [-0.15, -0.1) is 0 Å². The lowest BCUT2D eigenvalue weighted by molar-refractivity contribution is 0.0697. The first-order valence-electron chi connectivity index (χ1n) is 10.1. The molecule has 0 aliphatic carbocycles. The molecule has 4 aromatic rings. The third-order valence-electron chi connectivity index (χ3n) is 5.17. The zero-order valence-electron chi connectivity index (χ0n) is 17.3. The van der Waals surface area contributed by atoms with Crippen LogP contribution in [0, 0.1) is 0 Å². The van der Waals surface area contributed by atoms with Gasteiger partial charge in [0.05, 0.1) is 23.2 Å². The predicted molar refractivity (Wildman–Crippen MR) is 123 cm³/mol. The first kappa shape index (κ1) is 20.3. The number of rotatable bonds is 6. The van der Waals surface area contributed by atoms with Crippen molar-refractivity contribution in [1.29, 1.82) is 0 Å². The largest absolute Gasteiger partial charge is 0.493 e. The highest BCUT2D eigenvalue weighted by atomic mass is 16.5. The van der Waals surface area contributed by atoms with E-state index in [0.29, 0.717) is 24.2 Å². The molecule has 1 N–H and O–H groups in total. The van der Waals surface area contributed by atoms with Crippen LogP contribution in [-0.4, -0.2) is 27.2 Å². The quantitative estimate of drug-likeness (QED) is 0.488. The van der Waals surface area contributed by atoms with E-state index in [9.17, 15) is 14.7 Å². The van der Waals surface area contributed by atoms with Crippen LogP contribution in [0.25, 0.3) is 34.0 Å². The summed E-state index contributed by atoms with van der Waals surface area (Å²) in [4.78, 5) is 28.9. The molecule has 0 saturated carbocycles. The summed E-state index contributed by atoms with van der Waals surface area (Å²) in [6, 6.07) is 16.5. The highest BCUT2D eigenvalue weighted by molar-refractivity contribution is 5.96. The molecule has 0 fully saturated rings. The van der Waals surface area contributed by atoms with Crippen LogP contribution in [0.2, 0.25) is 0 Å². The van der Waals surface area contributed by atoms with Gasteiger partial charge in [0, 0.05) is 12.1 Å². The van der Waals surface area contributed by atoms with Crippen LogP contribution in [0.4, 0.5) is 0 Å². The second kappa shape index (κ2) is 8.44. The molecular formula is C25H22N2O4. The van der Waals surface area contributed by atoms with Crippen LogP contribution < -0.4 is 10.3 Å². The zero-order valence-corrected chi connectivity index (χ0v) is 17.3. The van der Waals surface area contributed by atoms with E-state index in [2.05, 4.69) is 4.98 Å². The van der Waals surface area contributed by atoms with E-state index in [1.165, 1.54) is 12.1 Å². The molecule has 0 atom stereocenters. The number of aromatic carboxylic acids is 1. The summed E-state index contributed by atoms with van der Waals surface area (Å²) in [5.74, 6) is -0.311. The van der Waals surface area contributed by atoms with Gasteiger partial charge in [-0.1, -0.05) is 30.3 Å². The fourth-order valence-corrected chi connectivity index (χ4v) is 3.71. The fraction of sp³-hybridized carbons (Fsp3) is 0.160. The van der Waals surface area contributed by atoms with Gasteiger partial charge < -0.3 is 14.4 Å². The molecule has 3 aromatic carbocycles. The van der Waals surface area contributed by atoms with Crippen molar-refractivity contribution < 1.29 is 14.6 Å². The van der Waals surface area contributed by atoms with Gasteiger partial charge in [0.15, 0.2) is 0 Å². The number of carbonyl (C=O) groups is 1. The molecule has 0 aliphatic heterocycles. The summed E-state index contributed by atoms with van der Waals surface area (Å²) < 4.78 is 7.40. The number of fused-ring (bicyclic) bond motifs is 2. The van der Waals surface area contributed by atoms with Crippen molar-refractivity contribution in [2.24, 2.45) is 0 Å². The molecule has 156 valence electrons. The third-order valence-corrected chi connectivity index (χ3v) is 5.17. The van der Waals surface area contributed by atoms with Crippen LogP contribution in [0.5, 0.6) is 5.75 Å². The third kappa shape index (κ3) is 3.80. The number of aryl methyl sites for hydroxylation is 1. The summed E-state index contributed by atoms with van der Waals surface area (Å²) in [5, 5.41) is 11.4. The van der Waals surface area contributed by atoms with Crippen molar-refractivity contribution in [3.63, 3.8) is 0 Å². The SMILES string of the molecule is CCOc1ccc2ccccc2c1/C=C/c1nc2cc(C(=O)O)ccc2n(CC)c1=O. The molecule has 6 heteroatoms. The molecule has 31 heavy (non-hydrogen) atoms. The summed E-state index contributed by atoms with van der Waals surface area (Å²) in [5.41, 5.74) is 2.08. The van der Waals surface area contributed by atoms with Crippen LogP contribution in [0.15, 0.2) is 59.4 Å². The Hall–Kier alpha value is -3.93. The maximum absolute atomic E-state index is 13.0. The lowest BCUT2D eigenvalue weighted by Crippen LogP contribution is -2.23. The number of ether oxygens (including phenoxy) is 1. The van der Waals surface area contributed by atoms with Crippen LogP contribution >= 0.6 is 0 Å². The van der Waals surface area contributed by atoms with Gasteiger partial charge in [0.1, 0.15) is 11.4 Å². The Labute approximate surface area is 179 Å². The molecule has 1 aromatic heterocycles. The van der Waals surface area contributed by atoms with E-state index in [4.69, 9.17) is 4.74 Å². The van der Waals surface area contributed by atoms with Gasteiger partial charge in [-0.25, -0.2) is 9.78 Å². The number of benzene rings is 3. The number of carboxylic acid groups (broad SMARTS) is 1. The van der Waals surface area contributed by atoms with Gasteiger partial charge in [-0.05, 0) is 61.0 Å². The zero-order chi connectivity index (χ0) is 22.0. The Bertz CT molecular complexity index is 1390. The predicted octanol–water partition coefficient (Wildman–Crippen LogP) is 4.84. The van der Waals surface area contributed by atoms with Crippen LogP contribution in [-0.2, 0) is 6.54 Å². The number of carboxylic acids is 1. The molecule has 1 heterocycles. The molecule has 0 radical (unpaired) electrons. The Morgan fingerprint density at radius 3 is 2.65 bits per heavy atom. The Morgan fingerprint density at radius 2 is 1.90 bits per heavy atom. The fourth-order valence-electron chi connectivity index (χ4n) is 3.71. The maximum Gasteiger partial charge on any atom is 0.335 e. The average Bonchev–Trinajstić information content (AvgIpc) is 2.78. The van der Waals surface area contributed by atoms with Crippen molar-refractivity contribution in [2.45, 2.75) is 20.4 Å². The summed E-state index contributed by atoms with van der Waals surface area (Å²) in [6.07, 6.45) is 3.51. The first-order valence-corrected chi connectivity index (χ1v) is 10.1. The molecule has 4 rings (SSSR count). The maximum atomic E-state index is 13.0. The first-order chi connectivity index (χ1) is 15.0. The molecule has 6 nitrogen and oxygen atoms in total. The van der Waals surface area contributed by atoms with E-state index in [-0.39, 0.29) is 16.8 Å². The van der Waals surface area contributed by atoms with E-state index >= 15 is 0 Å². The van der Waals surface area contributed by atoms with E-state index in [0.717, 1.165) is 22.1 Å². The lowest BCUT2D eigenvalue weighted by atomic mass is 10.0. The van der Waals surface area contributed by atoms with Gasteiger partial charge in [-0.2, -0.15) is 0 Å². The second-order valence-corrected chi connectivity index (χ2v) is 7.02. The molecule has 0 unspecified atom stereocenters. The van der Waals surface area contributed by atoms with Crippen LogP contribution in [0.1, 0.15) is 35.5 Å². The summed E-state index contributed by atoms with van der Waals surface area (Å²) in [6.45, 7) is 4.77. The van der Waals surface area contributed by atoms with Crippen LogP contribution in [0.3, 0.4) is 0 Å². The smallest absolute Gasteiger partial charge is 0.335 e. The standard InChI is InChI=1S/C25H22N2O4/c1-3-27-22-13-9-17(25(29)30)15-21(22)26-20(24(27)28)12-11-19-18-8-6-5-7-16(18)10-14-23(19)31-4-2/h5-15H,3-4H2,1-2H3,(H,29,30)/b12-11+. The molecule has 0 bridgehead atoms. The topological polar surface area (TPSA) is 81.4 Å². The minimum atomic E-state index is -1.04. The Morgan fingerprint density at radius 1 is 1.10 bits per heavy atom. The normalized spacial score (nSPS) is 11.4. The Balaban J connectivity index is 1.90. The van der Waals surface area contributed by atoms with Gasteiger partial charge >= 0.3 is 5.97 Å². The minimum Gasteiger partial charge on any atom is -0.493 e. The number of hydrogen-bond acceptors (Lipinski definition) is 4. The summed E-state index contributed by atoms with van der Waals surface area (Å²) >= 11 is 0. The highest BCUT2D eigenvalue weighted by Gasteiger charge is 2.12. The van der Waals surface area contributed by atoms with Crippen molar-refractivity contribution in [3.8, 4) is 5.75 Å². The lowest BCUT2D eigenvalue weighted by Gasteiger charge is -2.11. The molecule has 0 amide bonds. The highest BCUT2D eigenvalue weighted by Crippen LogP contribution is 2.30. The van der Waals surface area contributed by atoms with E-state index < -0.39 is 5.97 Å². The molecule has 0 aliphatic rings. The van der Waals surface area contributed by atoms with E-state index in [1.54, 1.807) is 16.7 Å². The number of hydrogen-bond donors (Lipinski definition) is 1. The molecular weight excluding hydrogens is 392 g/mol. The van der Waals surface area contributed by atoms with Gasteiger partial charge in [0.25, 0.3) is 5.56 Å². The minimum absolute atomic E-state index is 0.129. The molecule has 0 spiro atoms. The Kier molecular flexibility index (Phi) is 5.54. The molecule has 0 saturated heterocycles. The van der Waals surface area contributed by atoms with Crippen molar-refractivity contribution in [3.05, 3.63) is 81.8 Å². The van der Waals surface area contributed by atoms with Gasteiger partial charge in [-0.3, -0.25) is 4.79 Å². The van der Waals surface area contributed by atoms with Gasteiger partial charge in [0.2, 0.25) is 0 Å². The summed E-state index contributed by atoms with van der Waals surface area (Å²) in [7, 11) is 0. The van der Waals surface area contributed by atoms with E-state index in [1.807, 2.05) is 56.3 Å². The number of aromatic nitrogens is 2. The average molecular weight is 414 g/mol. The number of nitrogens with zero attached hydrogens (tertiary/aromatic N) is 2. The van der Waals surface area contributed by atoms with Crippen molar-refractivity contribution in [1.82, 2.24) is 9.55 Å². The second-order valence-electron chi connectivity index (χ2n) is 7.02. The monoisotopic (exact) mass is 414 g/mol. The van der Waals surface area contributed by atoms with Crippen molar-refractivity contribution >= 4 is 39.9 Å².